The fraction of sp³-hybridized carbons (Fsp3) is 0.400. The first kappa shape index (κ1) is 22.3. The number of nitrogens with zero attached hydrogens (tertiary/aromatic N) is 2. The van der Waals surface area contributed by atoms with Gasteiger partial charge < -0.3 is 14.9 Å². The van der Waals surface area contributed by atoms with Gasteiger partial charge in [-0.15, -0.1) is 0 Å². The molecule has 4 heterocycles. The molecular weight excluding hydrogens is 436 g/mol. The van der Waals surface area contributed by atoms with Crippen molar-refractivity contribution in [3.63, 3.8) is 0 Å². The van der Waals surface area contributed by atoms with Crippen LogP contribution < -0.4 is 0 Å². The van der Waals surface area contributed by atoms with Crippen LogP contribution in [0, 0.1) is 5.92 Å². The quantitative estimate of drug-likeness (QED) is 0.562. The summed E-state index contributed by atoms with van der Waals surface area (Å²) in [6, 6.07) is 19.6. The Morgan fingerprint density at radius 3 is 2.43 bits per heavy atom. The minimum atomic E-state index is -0.878. The molecule has 0 aromatic heterocycles. The molecule has 5 aliphatic rings. The molecule has 3 saturated heterocycles. The summed E-state index contributed by atoms with van der Waals surface area (Å²) in [5.74, 6) is 0.765. The number of piperidine rings is 3. The van der Waals surface area contributed by atoms with Crippen LogP contribution in [-0.4, -0.2) is 59.0 Å². The fourth-order valence-electron chi connectivity index (χ4n) is 6.83. The number of fused-ring (bicyclic) bond motifs is 4. The fourth-order valence-corrected chi connectivity index (χ4v) is 6.83. The molecule has 5 nitrogen and oxygen atoms in total. The molecule has 3 aromatic rings. The lowest BCUT2D eigenvalue weighted by atomic mass is 9.75. The monoisotopic (exact) mass is 468 g/mol. The van der Waals surface area contributed by atoms with Gasteiger partial charge in [0, 0.05) is 30.6 Å². The molecule has 180 valence electrons. The Kier molecular flexibility index (Phi) is 5.81. The van der Waals surface area contributed by atoms with Crippen LogP contribution in [0.5, 0.6) is 0 Å². The molecule has 0 radical (unpaired) electrons. The van der Waals surface area contributed by atoms with Crippen LogP contribution in [-0.2, 0) is 6.42 Å². The summed E-state index contributed by atoms with van der Waals surface area (Å²) >= 11 is 0. The van der Waals surface area contributed by atoms with Crippen LogP contribution in [0.4, 0.5) is 0 Å². The lowest BCUT2D eigenvalue weighted by molar-refractivity contribution is 0.00258. The second-order valence-corrected chi connectivity index (χ2v) is 10.5. The molecule has 5 heteroatoms. The number of carboxylic acid groups (broad SMARTS) is 1. The molecule has 1 N–H and O–H groups in total. The lowest BCUT2D eigenvalue weighted by Crippen LogP contribution is -2.60. The maximum Gasteiger partial charge on any atom is 0.336 e. The number of hydrogen-bond donors (Lipinski definition) is 1. The zero-order valence-electron chi connectivity index (χ0n) is 20.0. The van der Waals surface area contributed by atoms with Gasteiger partial charge in [-0.25, -0.2) is 4.79 Å². The van der Waals surface area contributed by atoms with Crippen molar-refractivity contribution in [2.24, 2.45) is 5.92 Å². The maximum absolute atomic E-state index is 13.1. The van der Waals surface area contributed by atoms with Crippen molar-refractivity contribution in [2.75, 3.05) is 26.2 Å². The summed E-state index contributed by atoms with van der Waals surface area (Å²) in [5, 5.41) is 10.6. The minimum Gasteiger partial charge on any atom is -0.478 e. The van der Waals surface area contributed by atoms with Gasteiger partial charge in [-0.2, -0.15) is 0 Å². The summed E-state index contributed by atoms with van der Waals surface area (Å²) in [4.78, 5) is 28.8. The zero-order valence-corrected chi connectivity index (χ0v) is 20.0. The lowest BCUT2D eigenvalue weighted by Gasteiger charge is -2.51. The number of amides is 1. The number of aryl methyl sites for hydroxylation is 1. The Hall–Kier alpha value is -3.18. The minimum absolute atomic E-state index is 0.314. The van der Waals surface area contributed by atoms with Gasteiger partial charge in [0.2, 0.25) is 0 Å². The third-order valence-corrected chi connectivity index (χ3v) is 8.55. The topological polar surface area (TPSA) is 60.9 Å². The van der Waals surface area contributed by atoms with Gasteiger partial charge in [-0.05, 0) is 85.1 Å². The number of aromatic carboxylic acids is 1. The molecule has 0 saturated carbocycles. The van der Waals surface area contributed by atoms with E-state index in [0.717, 1.165) is 41.8 Å². The maximum atomic E-state index is 13.1. The average molecular weight is 469 g/mol. The van der Waals surface area contributed by atoms with Gasteiger partial charge in [-0.1, -0.05) is 48.5 Å². The highest BCUT2D eigenvalue weighted by Crippen LogP contribution is 2.41. The molecule has 1 aliphatic carbocycles. The Labute approximate surface area is 206 Å². The van der Waals surface area contributed by atoms with E-state index in [1.54, 1.807) is 12.1 Å². The van der Waals surface area contributed by atoms with E-state index in [1.807, 2.05) is 30.3 Å². The van der Waals surface area contributed by atoms with Crippen molar-refractivity contribution in [3.8, 4) is 0 Å². The molecule has 1 amide bonds. The third kappa shape index (κ3) is 4.02. The Morgan fingerprint density at radius 1 is 0.886 bits per heavy atom. The first-order valence-corrected chi connectivity index (χ1v) is 13.0. The normalized spacial score (nSPS) is 26.6. The molecule has 4 aliphatic heterocycles. The van der Waals surface area contributed by atoms with E-state index < -0.39 is 5.97 Å². The number of rotatable bonds is 2. The van der Waals surface area contributed by atoms with Crippen molar-refractivity contribution in [1.29, 1.82) is 0 Å². The van der Waals surface area contributed by atoms with E-state index >= 15 is 0 Å². The van der Waals surface area contributed by atoms with Crippen molar-refractivity contribution in [1.82, 2.24) is 9.80 Å². The number of benzene rings is 3. The van der Waals surface area contributed by atoms with Gasteiger partial charge in [0.15, 0.2) is 0 Å². The number of carbonyl (C=O) groups is 2. The number of carbonyl (C=O) groups excluding carboxylic acids is 1. The molecule has 3 aromatic carbocycles. The second kappa shape index (κ2) is 9.12. The summed E-state index contributed by atoms with van der Waals surface area (Å²) in [7, 11) is 0. The van der Waals surface area contributed by atoms with E-state index in [2.05, 4.69) is 28.0 Å². The van der Waals surface area contributed by atoms with Crippen molar-refractivity contribution in [2.45, 2.75) is 44.1 Å². The molecule has 2 bridgehead atoms. The number of hydrogen-bond acceptors (Lipinski definition) is 3. The Morgan fingerprint density at radius 2 is 1.66 bits per heavy atom. The molecular formula is C30H32N2O3. The van der Waals surface area contributed by atoms with Gasteiger partial charge in [-0.3, -0.25) is 4.79 Å². The van der Waals surface area contributed by atoms with Crippen LogP contribution in [0.25, 0.3) is 10.8 Å². The third-order valence-electron chi connectivity index (χ3n) is 8.55. The predicted octanol–water partition coefficient (Wildman–Crippen LogP) is 5.19. The van der Waals surface area contributed by atoms with Crippen LogP contribution in [0.1, 0.15) is 63.4 Å². The highest BCUT2D eigenvalue weighted by molar-refractivity contribution is 6.03. The van der Waals surface area contributed by atoms with Crippen molar-refractivity contribution >= 4 is 22.6 Å². The van der Waals surface area contributed by atoms with Crippen LogP contribution in [0.2, 0.25) is 0 Å². The highest BCUT2D eigenvalue weighted by Gasteiger charge is 2.43. The summed E-state index contributed by atoms with van der Waals surface area (Å²) in [6.07, 6.45) is 6.27. The summed E-state index contributed by atoms with van der Waals surface area (Å²) in [5.41, 5.74) is 4.22. The highest BCUT2D eigenvalue weighted by atomic mass is 16.4. The zero-order chi connectivity index (χ0) is 23.9. The standard InChI is InChI=1S/C19H24N2O.C11H8O2/c22-19-16-6-2-4-14-3-1-5-15(18(14)16)11-21(19)17-12-20-9-7-13(17)8-10-20;12-11(13)10-7-3-5-8-4-1-2-6-9(8)10/h2,4,6,13,15,17H,1,3,5,7-12H2;1-7H,(H,12,13)/t15-,17-;/m1./s1. The molecule has 2 atom stereocenters. The Balaban J connectivity index is 0.000000151. The molecule has 3 fully saturated rings. The van der Waals surface area contributed by atoms with Crippen molar-refractivity contribution in [3.05, 3.63) is 82.9 Å². The first-order chi connectivity index (χ1) is 17.1. The van der Waals surface area contributed by atoms with Gasteiger partial charge in [0.05, 0.1) is 5.56 Å². The van der Waals surface area contributed by atoms with Gasteiger partial charge >= 0.3 is 5.97 Å². The van der Waals surface area contributed by atoms with E-state index in [4.69, 9.17) is 5.11 Å². The summed E-state index contributed by atoms with van der Waals surface area (Å²) < 4.78 is 0. The van der Waals surface area contributed by atoms with Gasteiger partial charge in [0.1, 0.15) is 0 Å². The van der Waals surface area contributed by atoms with Crippen LogP contribution >= 0.6 is 0 Å². The van der Waals surface area contributed by atoms with Gasteiger partial charge in [0.25, 0.3) is 5.91 Å². The molecule has 0 unspecified atom stereocenters. The SMILES string of the molecule is O=C(O)c1cccc2ccccc12.O=C1c2cccc3c2[C@H](CCC3)CN1[C@@H]1CN2CCC1CC2. The van der Waals surface area contributed by atoms with E-state index in [1.165, 1.54) is 49.9 Å². The van der Waals surface area contributed by atoms with E-state index in [-0.39, 0.29) is 0 Å². The number of carboxylic acids is 1. The van der Waals surface area contributed by atoms with Crippen LogP contribution in [0.15, 0.2) is 60.7 Å². The smallest absolute Gasteiger partial charge is 0.336 e. The predicted molar refractivity (Wildman–Crippen MR) is 137 cm³/mol. The summed E-state index contributed by atoms with van der Waals surface area (Å²) in [6.45, 7) is 4.57. The van der Waals surface area contributed by atoms with E-state index in [9.17, 15) is 9.59 Å². The van der Waals surface area contributed by atoms with Crippen LogP contribution in [0.3, 0.4) is 0 Å². The Bertz CT molecular complexity index is 1270. The second-order valence-electron chi connectivity index (χ2n) is 10.5. The van der Waals surface area contributed by atoms with Crippen molar-refractivity contribution < 1.29 is 14.7 Å². The molecule has 8 rings (SSSR count). The molecule has 35 heavy (non-hydrogen) atoms. The average Bonchev–Trinajstić information content (AvgIpc) is 2.91. The van der Waals surface area contributed by atoms with E-state index in [0.29, 0.717) is 23.4 Å². The molecule has 0 spiro atoms. The first-order valence-electron chi connectivity index (χ1n) is 13.0. The largest absolute Gasteiger partial charge is 0.478 e.